The lowest BCUT2D eigenvalue weighted by Gasteiger charge is -2.21. The molecule has 1 fully saturated rings. The molecule has 0 aliphatic carbocycles. The van der Waals surface area contributed by atoms with Crippen molar-refractivity contribution in [3.63, 3.8) is 0 Å². The van der Waals surface area contributed by atoms with Crippen LogP contribution >= 0.6 is 0 Å². The van der Waals surface area contributed by atoms with Crippen LogP contribution in [0.25, 0.3) is 11.0 Å². The number of fused-ring (bicyclic) bond motifs is 1. The first kappa shape index (κ1) is 11.6. The summed E-state index contributed by atoms with van der Waals surface area (Å²) >= 11 is 0. The zero-order chi connectivity index (χ0) is 12.5. The normalized spacial score (nSPS) is 17.4. The maximum Gasteiger partial charge on any atom is 0.161 e. The maximum atomic E-state index is 13.1. The van der Waals surface area contributed by atoms with Crippen molar-refractivity contribution in [2.45, 2.75) is 19.3 Å². The summed E-state index contributed by atoms with van der Waals surface area (Å²) in [5.41, 5.74) is 1.07. The second kappa shape index (κ2) is 4.65. The SMILES string of the molecule is Fc1cc2nc(CC3CCNCC3)[nH]c2cc1F. The molecular weight excluding hydrogens is 236 g/mol. The topological polar surface area (TPSA) is 40.7 Å². The molecule has 1 aromatic heterocycles. The van der Waals surface area contributed by atoms with Gasteiger partial charge in [-0.05, 0) is 31.8 Å². The van der Waals surface area contributed by atoms with Crippen LogP contribution in [0.3, 0.4) is 0 Å². The summed E-state index contributed by atoms with van der Waals surface area (Å²) in [5, 5.41) is 3.31. The first-order valence-corrected chi connectivity index (χ1v) is 6.27. The molecule has 0 spiro atoms. The highest BCUT2D eigenvalue weighted by molar-refractivity contribution is 5.75. The van der Waals surface area contributed by atoms with Crippen LogP contribution in [0.15, 0.2) is 12.1 Å². The van der Waals surface area contributed by atoms with Crippen molar-refractivity contribution in [2.24, 2.45) is 5.92 Å². The monoisotopic (exact) mass is 251 g/mol. The number of aromatic amines is 1. The highest BCUT2D eigenvalue weighted by Crippen LogP contribution is 2.20. The standard InChI is InChI=1S/C13H15F2N3/c14-9-6-11-12(7-10(9)15)18-13(17-11)5-8-1-3-16-4-2-8/h6-8,16H,1-5H2,(H,17,18). The fourth-order valence-corrected chi connectivity index (χ4v) is 2.51. The number of hydrogen-bond acceptors (Lipinski definition) is 2. The largest absolute Gasteiger partial charge is 0.342 e. The Hall–Kier alpha value is -1.49. The van der Waals surface area contributed by atoms with Crippen LogP contribution in [0.5, 0.6) is 0 Å². The van der Waals surface area contributed by atoms with Crippen LogP contribution in [0.4, 0.5) is 8.78 Å². The third-order valence-corrected chi connectivity index (χ3v) is 3.51. The maximum absolute atomic E-state index is 13.1. The van der Waals surface area contributed by atoms with Gasteiger partial charge in [0.2, 0.25) is 0 Å². The van der Waals surface area contributed by atoms with Crippen molar-refractivity contribution in [1.29, 1.82) is 0 Å². The Morgan fingerprint density at radius 1 is 1.17 bits per heavy atom. The number of rotatable bonds is 2. The molecule has 2 aromatic rings. The smallest absolute Gasteiger partial charge is 0.161 e. The highest BCUT2D eigenvalue weighted by Gasteiger charge is 2.16. The van der Waals surface area contributed by atoms with E-state index >= 15 is 0 Å². The molecule has 0 unspecified atom stereocenters. The number of halogens is 2. The fraction of sp³-hybridized carbons (Fsp3) is 0.462. The minimum absolute atomic E-state index is 0.498. The van der Waals surface area contributed by atoms with Crippen molar-refractivity contribution in [1.82, 2.24) is 15.3 Å². The molecule has 3 rings (SSSR count). The number of benzene rings is 1. The van der Waals surface area contributed by atoms with Crippen molar-refractivity contribution in [2.75, 3.05) is 13.1 Å². The molecule has 1 saturated heterocycles. The molecule has 5 heteroatoms. The summed E-state index contributed by atoms with van der Waals surface area (Å²) in [5.74, 6) is -0.259. The van der Waals surface area contributed by atoms with Crippen LogP contribution in [-0.4, -0.2) is 23.1 Å². The first-order chi connectivity index (χ1) is 8.72. The molecule has 3 nitrogen and oxygen atoms in total. The minimum atomic E-state index is -0.845. The lowest BCUT2D eigenvalue weighted by Crippen LogP contribution is -2.28. The Balaban J connectivity index is 1.84. The van der Waals surface area contributed by atoms with Gasteiger partial charge in [0.05, 0.1) is 11.0 Å². The van der Waals surface area contributed by atoms with E-state index in [1.165, 1.54) is 6.07 Å². The lowest BCUT2D eigenvalue weighted by atomic mass is 9.94. The number of piperidine rings is 1. The summed E-state index contributed by atoms with van der Waals surface area (Å²) in [6.07, 6.45) is 3.10. The Kier molecular flexibility index (Phi) is 2.99. The Morgan fingerprint density at radius 2 is 1.89 bits per heavy atom. The molecule has 18 heavy (non-hydrogen) atoms. The second-order valence-corrected chi connectivity index (χ2v) is 4.86. The number of nitrogens with zero attached hydrogens (tertiary/aromatic N) is 1. The summed E-state index contributed by atoms with van der Waals surface area (Å²) in [6, 6.07) is 2.32. The molecule has 0 saturated carbocycles. The number of H-pyrrole nitrogens is 1. The fourth-order valence-electron chi connectivity index (χ4n) is 2.51. The zero-order valence-electron chi connectivity index (χ0n) is 9.97. The number of imidazole rings is 1. The average Bonchev–Trinajstić information content (AvgIpc) is 2.72. The molecule has 2 heterocycles. The van der Waals surface area contributed by atoms with Crippen LogP contribution in [0.2, 0.25) is 0 Å². The van der Waals surface area contributed by atoms with Crippen molar-refractivity contribution < 1.29 is 8.78 Å². The van der Waals surface area contributed by atoms with Crippen LogP contribution < -0.4 is 5.32 Å². The Labute approximate surface area is 104 Å². The van der Waals surface area contributed by atoms with E-state index in [1.807, 2.05) is 0 Å². The summed E-state index contributed by atoms with van der Waals surface area (Å²) in [7, 11) is 0. The van der Waals surface area contributed by atoms with Gasteiger partial charge in [-0.2, -0.15) is 0 Å². The molecule has 0 radical (unpaired) electrons. The van der Waals surface area contributed by atoms with E-state index in [2.05, 4.69) is 15.3 Å². The van der Waals surface area contributed by atoms with E-state index in [0.29, 0.717) is 17.0 Å². The molecule has 2 N–H and O–H groups in total. The molecule has 0 atom stereocenters. The predicted octanol–water partition coefficient (Wildman–Crippen LogP) is 2.38. The van der Waals surface area contributed by atoms with Crippen molar-refractivity contribution in [3.05, 3.63) is 29.6 Å². The van der Waals surface area contributed by atoms with Gasteiger partial charge in [0.25, 0.3) is 0 Å². The molecule has 0 bridgehead atoms. The van der Waals surface area contributed by atoms with E-state index in [9.17, 15) is 8.78 Å². The number of aromatic nitrogens is 2. The van der Waals surface area contributed by atoms with Crippen LogP contribution in [0, 0.1) is 17.6 Å². The summed E-state index contributed by atoms with van der Waals surface area (Å²) in [6.45, 7) is 2.07. The van der Waals surface area contributed by atoms with Gasteiger partial charge in [0.15, 0.2) is 11.6 Å². The van der Waals surface area contributed by atoms with E-state index in [1.54, 1.807) is 0 Å². The highest BCUT2D eigenvalue weighted by atomic mass is 19.2. The molecule has 1 aromatic carbocycles. The first-order valence-electron chi connectivity index (χ1n) is 6.27. The van der Waals surface area contributed by atoms with E-state index < -0.39 is 11.6 Å². The zero-order valence-corrected chi connectivity index (χ0v) is 9.97. The van der Waals surface area contributed by atoms with Gasteiger partial charge in [-0.15, -0.1) is 0 Å². The molecule has 96 valence electrons. The molecule has 1 aliphatic rings. The minimum Gasteiger partial charge on any atom is -0.342 e. The quantitative estimate of drug-likeness (QED) is 0.860. The van der Waals surface area contributed by atoms with Crippen molar-refractivity contribution in [3.8, 4) is 0 Å². The van der Waals surface area contributed by atoms with E-state index in [0.717, 1.165) is 44.2 Å². The summed E-state index contributed by atoms with van der Waals surface area (Å²) < 4.78 is 26.2. The van der Waals surface area contributed by atoms with Gasteiger partial charge >= 0.3 is 0 Å². The van der Waals surface area contributed by atoms with Gasteiger partial charge in [-0.1, -0.05) is 0 Å². The van der Waals surface area contributed by atoms with E-state index in [-0.39, 0.29) is 0 Å². The third kappa shape index (κ3) is 2.22. The van der Waals surface area contributed by atoms with Crippen LogP contribution in [0.1, 0.15) is 18.7 Å². The van der Waals surface area contributed by atoms with Crippen molar-refractivity contribution >= 4 is 11.0 Å². The third-order valence-electron chi connectivity index (χ3n) is 3.51. The van der Waals surface area contributed by atoms with Gasteiger partial charge in [-0.3, -0.25) is 0 Å². The average molecular weight is 251 g/mol. The summed E-state index contributed by atoms with van der Waals surface area (Å²) in [4.78, 5) is 7.40. The number of hydrogen-bond donors (Lipinski definition) is 2. The molecule has 0 amide bonds. The Bertz CT molecular complexity index is 520. The van der Waals surface area contributed by atoms with Gasteiger partial charge in [0, 0.05) is 18.6 Å². The van der Waals surface area contributed by atoms with Crippen LogP contribution in [-0.2, 0) is 6.42 Å². The second-order valence-electron chi connectivity index (χ2n) is 4.86. The molecular formula is C13H15F2N3. The van der Waals surface area contributed by atoms with Gasteiger partial charge in [0.1, 0.15) is 5.82 Å². The Morgan fingerprint density at radius 3 is 2.67 bits per heavy atom. The van der Waals surface area contributed by atoms with Gasteiger partial charge in [-0.25, -0.2) is 13.8 Å². The van der Waals surface area contributed by atoms with E-state index in [4.69, 9.17) is 0 Å². The number of nitrogens with one attached hydrogen (secondary N) is 2. The lowest BCUT2D eigenvalue weighted by molar-refractivity contribution is 0.368. The molecule has 1 aliphatic heterocycles. The predicted molar refractivity (Wildman–Crippen MR) is 65.3 cm³/mol. The van der Waals surface area contributed by atoms with Gasteiger partial charge < -0.3 is 10.3 Å².